The number of hydrogen-bond donors (Lipinski definition) is 0. The summed E-state index contributed by atoms with van der Waals surface area (Å²) in [5, 5.41) is 0. The standard InChI is InChI=1S/C14H10BrFO/c1-9-8-12(16)6-7-13(9)14(17)10-2-4-11(15)5-3-10/h2-8H,1H3. The number of benzene rings is 2. The Morgan fingerprint density at radius 3 is 2.35 bits per heavy atom. The summed E-state index contributed by atoms with van der Waals surface area (Å²) in [6.45, 7) is 1.73. The fourth-order valence-corrected chi connectivity index (χ4v) is 1.90. The van der Waals surface area contributed by atoms with E-state index in [2.05, 4.69) is 15.9 Å². The Morgan fingerprint density at radius 2 is 1.76 bits per heavy atom. The second kappa shape index (κ2) is 4.80. The first-order chi connectivity index (χ1) is 8.08. The monoisotopic (exact) mass is 292 g/mol. The molecule has 0 atom stereocenters. The molecule has 0 fully saturated rings. The topological polar surface area (TPSA) is 17.1 Å². The molecule has 0 aromatic heterocycles. The maximum Gasteiger partial charge on any atom is 0.193 e. The summed E-state index contributed by atoms with van der Waals surface area (Å²) in [5.41, 5.74) is 1.79. The van der Waals surface area contributed by atoms with E-state index in [4.69, 9.17) is 0 Å². The molecule has 2 aromatic carbocycles. The van der Waals surface area contributed by atoms with E-state index in [9.17, 15) is 9.18 Å². The Kier molecular flexibility index (Phi) is 3.38. The van der Waals surface area contributed by atoms with Crippen LogP contribution < -0.4 is 0 Å². The van der Waals surface area contributed by atoms with E-state index in [0.717, 1.165) is 4.47 Å². The van der Waals surface area contributed by atoms with Crippen molar-refractivity contribution in [2.45, 2.75) is 6.92 Å². The number of rotatable bonds is 2. The average molecular weight is 293 g/mol. The molecule has 0 saturated heterocycles. The Morgan fingerprint density at radius 1 is 1.12 bits per heavy atom. The fraction of sp³-hybridized carbons (Fsp3) is 0.0714. The Labute approximate surface area is 107 Å². The van der Waals surface area contributed by atoms with Crippen LogP contribution >= 0.6 is 15.9 Å². The van der Waals surface area contributed by atoms with Gasteiger partial charge in [0.15, 0.2) is 5.78 Å². The predicted molar refractivity (Wildman–Crippen MR) is 68.7 cm³/mol. The highest BCUT2D eigenvalue weighted by molar-refractivity contribution is 9.10. The predicted octanol–water partition coefficient (Wildman–Crippen LogP) is 4.13. The molecule has 0 aliphatic rings. The average Bonchev–Trinajstić information content (AvgIpc) is 2.29. The van der Waals surface area contributed by atoms with Gasteiger partial charge in [-0.05, 0) is 55.0 Å². The van der Waals surface area contributed by atoms with Crippen LogP contribution in [0, 0.1) is 12.7 Å². The first kappa shape index (κ1) is 12.0. The zero-order valence-corrected chi connectivity index (χ0v) is 10.8. The van der Waals surface area contributed by atoms with Crippen LogP contribution in [0.3, 0.4) is 0 Å². The summed E-state index contributed by atoms with van der Waals surface area (Å²) in [5.74, 6) is -0.412. The SMILES string of the molecule is Cc1cc(F)ccc1C(=O)c1ccc(Br)cc1. The van der Waals surface area contributed by atoms with Crippen molar-refractivity contribution >= 4 is 21.7 Å². The van der Waals surface area contributed by atoms with Gasteiger partial charge in [0.25, 0.3) is 0 Å². The molecule has 0 aliphatic heterocycles. The fourth-order valence-electron chi connectivity index (χ4n) is 1.64. The molecular weight excluding hydrogens is 283 g/mol. The van der Waals surface area contributed by atoms with Gasteiger partial charge in [0.2, 0.25) is 0 Å². The summed E-state index contributed by atoms with van der Waals surface area (Å²) < 4.78 is 13.9. The van der Waals surface area contributed by atoms with Gasteiger partial charge < -0.3 is 0 Å². The summed E-state index contributed by atoms with van der Waals surface area (Å²) >= 11 is 3.31. The van der Waals surface area contributed by atoms with E-state index in [1.54, 1.807) is 19.1 Å². The van der Waals surface area contributed by atoms with Gasteiger partial charge in [0, 0.05) is 15.6 Å². The van der Waals surface area contributed by atoms with E-state index >= 15 is 0 Å². The largest absolute Gasteiger partial charge is 0.289 e. The molecular formula is C14H10BrFO. The molecule has 3 heteroatoms. The van der Waals surface area contributed by atoms with Gasteiger partial charge in [0.05, 0.1) is 0 Å². The lowest BCUT2D eigenvalue weighted by Gasteiger charge is -2.05. The third kappa shape index (κ3) is 2.61. The van der Waals surface area contributed by atoms with Crippen LogP contribution in [0.25, 0.3) is 0 Å². The molecule has 0 radical (unpaired) electrons. The van der Waals surface area contributed by atoms with E-state index in [-0.39, 0.29) is 11.6 Å². The van der Waals surface area contributed by atoms with Gasteiger partial charge in [0.1, 0.15) is 5.82 Å². The van der Waals surface area contributed by atoms with Gasteiger partial charge in [-0.3, -0.25) is 4.79 Å². The van der Waals surface area contributed by atoms with Crippen molar-refractivity contribution in [1.82, 2.24) is 0 Å². The van der Waals surface area contributed by atoms with Crippen LogP contribution in [0.4, 0.5) is 4.39 Å². The van der Waals surface area contributed by atoms with Crippen molar-refractivity contribution in [3.63, 3.8) is 0 Å². The third-order valence-corrected chi connectivity index (χ3v) is 3.07. The van der Waals surface area contributed by atoms with Crippen molar-refractivity contribution in [1.29, 1.82) is 0 Å². The quantitative estimate of drug-likeness (QED) is 0.761. The van der Waals surface area contributed by atoms with Gasteiger partial charge in [-0.15, -0.1) is 0 Å². The summed E-state index contributed by atoms with van der Waals surface area (Å²) in [7, 11) is 0. The molecule has 0 N–H and O–H groups in total. The second-order valence-electron chi connectivity index (χ2n) is 3.80. The molecule has 0 amide bonds. The highest BCUT2D eigenvalue weighted by atomic mass is 79.9. The molecule has 2 aromatic rings. The Bertz CT molecular complexity index is 561. The second-order valence-corrected chi connectivity index (χ2v) is 4.71. The van der Waals surface area contributed by atoms with E-state index in [1.807, 2.05) is 12.1 Å². The smallest absolute Gasteiger partial charge is 0.193 e. The van der Waals surface area contributed by atoms with Crippen LogP contribution in [0.15, 0.2) is 46.9 Å². The minimum Gasteiger partial charge on any atom is -0.289 e. The zero-order chi connectivity index (χ0) is 12.4. The molecule has 86 valence electrons. The molecule has 0 spiro atoms. The van der Waals surface area contributed by atoms with Crippen molar-refractivity contribution in [2.24, 2.45) is 0 Å². The van der Waals surface area contributed by atoms with Crippen molar-refractivity contribution in [2.75, 3.05) is 0 Å². The first-order valence-electron chi connectivity index (χ1n) is 5.14. The first-order valence-corrected chi connectivity index (χ1v) is 5.93. The molecule has 0 bridgehead atoms. The highest BCUT2D eigenvalue weighted by Crippen LogP contribution is 2.17. The molecule has 0 heterocycles. The van der Waals surface area contributed by atoms with E-state index in [1.165, 1.54) is 18.2 Å². The van der Waals surface area contributed by atoms with E-state index in [0.29, 0.717) is 16.7 Å². The lowest BCUT2D eigenvalue weighted by atomic mass is 9.99. The molecule has 0 aliphatic carbocycles. The van der Waals surface area contributed by atoms with Gasteiger partial charge in [-0.25, -0.2) is 4.39 Å². The highest BCUT2D eigenvalue weighted by Gasteiger charge is 2.11. The van der Waals surface area contributed by atoms with Crippen LogP contribution in [-0.4, -0.2) is 5.78 Å². The normalized spacial score (nSPS) is 10.3. The van der Waals surface area contributed by atoms with Crippen LogP contribution in [0.1, 0.15) is 21.5 Å². The number of hydrogen-bond acceptors (Lipinski definition) is 1. The lowest BCUT2D eigenvalue weighted by molar-refractivity contribution is 0.103. The summed E-state index contributed by atoms with van der Waals surface area (Å²) in [6.07, 6.45) is 0. The number of carbonyl (C=O) groups excluding carboxylic acids is 1. The summed E-state index contributed by atoms with van der Waals surface area (Å²) in [4.78, 5) is 12.2. The van der Waals surface area contributed by atoms with Gasteiger partial charge in [-0.2, -0.15) is 0 Å². The minimum atomic E-state index is -0.324. The van der Waals surface area contributed by atoms with E-state index < -0.39 is 0 Å². The minimum absolute atomic E-state index is 0.0880. The molecule has 2 rings (SSSR count). The van der Waals surface area contributed by atoms with Crippen LogP contribution in [0.5, 0.6) is 0 Å². The number of aryl methyl sites for hydroxylation is 1. The molecule has 0 unspecified atom stereocenters. The van der Waals surface area contributed by atoms with Gasteiger partial charge >= 0.3 is 0 Å². The zero-order valence-electron chi connectivity index (χ0n) is 9.21. The van der Waals surface area contributed by atoms with Crippen LogP contribution in [-0.2, 0) is 0 Å². The van der Waals surface area contributed by atoms with Crippen molar-refractivity contribution < 1.29 is 9.18 Å². The number of halogens is 2. The lowest BCUT2D eigenvalue weighted by Crippen LogP contribution is -2.03. The Balaban J connectivity index is 2.40. The third-order valence-electron chi connectivity index (χ3n) is 2.54. The van der Waals surface area contributed by atoms with Gasteiger partial charge in [-0.1, -0.05) is 15.9 Å². The van der Waals surface area contributed by atoms with Crippen molar-refractivity contribution in [3.05, 3.63) is 69.4 Å². The number of carbonyl (C=O) groups is 1. The molecule has 17 heavy (non-hydrogen) atoms. The molecule has 0 saturated carbocycles. The maximum absolute atomic E-state index is 12.9. The summed E-state index contributed by atoms with van der Waals surface area (Å²) in [6, 6.07) is 11.3. The molecule has 1 nitrogen and oxygen atoms in total. The van der Waals surface area contributed by atoms with Crippen LogP contribution in [0.2, 0.25) is 0 Å². The maximum atomic E-state index is 12.9. The van der Waals surface area contributed by atoms with Crippen molar-refractivity contribution in [3.8, 4) is 0 Å². The number of ketones is 1. The Hall–Kier alpha value is -1.48.